The van der Waals surface area contributed by atoms with Gasteiger partial charge in [-0.15, -0.1) is 0 Å². The SMILES string of the molecule is C/C=C/CCNC1(CN)CC(C)(C)CC(C)(C)C1. The molecule has 0 heterocycles. The van der Waals surface area contributed by atoms with E-state index in [2.05, 4.69) is 52.1 Å². The molecule has 2 nitrogen and oxygen atoms in total. The lowest BCUT2D eigenvalue weighted by Crippen LogP contribution is -2.59. The summed E-state index contributed by atoms with van der Waals surface area (Å²) in [5, 5.41) is 3.75. The Bertz CT molecular complexity index is 273. The van der Waals surface area contributed by atoms with E-state index in [1.165, 1.54) is 19.3 Å². The Morgan fingerprint density at radius 1 is 1.06 bits per heavy atom. The normalized spacial score (nSPS) is 25.4. The first kappa shape index (κ1) is 15.7. The molecule has 0 unspecified atom stereocenters. The third-order valence-electron chi connectivity index (χ3n) is 4.03. The maximum absolute atomic E-state index is 6.11. The fourth-order valence-corrected chi connectivity index (χ4v) is 4.24. The molecule has 0 bridgehead atoms. The van der Waals surface area contributed by atoms with Crippen molar-refractivity contribution in [2.45, 2.75) is 65.8 Å². The Labute approximate surface area is 113 Å². The molecule has 0 aliphatic heterocycles. The monoisotopic (exact) mass is 252 g/mol. The molecule has 18 heavy (non-hydrogen) atoms. The zero-order valence-corrected chi connectivity index (χ0v) is 13.0. The predicted octanol–water partition coefficient (Wildman–Crippen LogP) is 3.48. The number of rotatable bonds is 5. The summed E-state index contributed by atoms with van der Waals surface area (Å²) in [6, 6.07) is 0. The number of nitrogens with one attached hydrogen (secondary N) is 1. The van der Waals surface area contributed by atoms with E-state index in [9.17, 15) is 0 Å². The van der Waals surface area contributed by atoms with Gasteiger partial charge in [0.1, 0.15) is 0 Å². The second kappa shape index (κ2) is 5.75. The van der Waals surface area contributed by atoms with Crippen LogP contribution in [0.15, 0.2) is 12.2 Å². The van der Waals surface area contributed by atoms with Gasteiger partial charge in [0.25, 0.3) is 0 Å². The Morgan fingerprint density at radius 3 is 2.06 bits per heavy atom. The fraction of sp³-hybridized carbons (Fsp3) is 0.875. The van der Waals surface area contributed by atoms with Gasteiger partial charge in [-0.1, -0.05) is 39.8 Å². The average molecular weight is 252 g/mol. The molecule has 1 rings (SSSR count). The highest BCUT2D eigenvalue weighted by molar-refractivity contribution is 5.03. The van der Waals surface area contributed by atoms with Crippen molar-refractivity contribution in [3.63, 3.8) is 0 Å². The topological polar surface area (TPSA) is 38.0 Å². The van der Waals surface area contributed by atoms with Gasteiger partial charge in [0.15, 0.2) is 0 Å². The molecule has 0 spiro atoms. The molecule has 106 valence electrons. The second-order valence-electron chi connectivity index (χ2n) is 7.63. The van der Waals surface area contributed by atoms with E-state index >= 15 is 0 Å². The van der Waals surface area contributed by atoms with Gasteiger partial charge in [0, 0.05) is 12.1 Å². The molecular formula is C16H32N2. The van der Waals surface area contributed by atoms with Crippen LogP contribution in [-0.2, 0) is 0 Å². The van der Waals surface area contributed by atoms with Crippen LogP contribution < -0.4 is 11.1 Å². The van der Waals surface area contributed by atoms with Gasteiger partial charge in [-0.05, 0) is 50.0 Å². The van der Waals surface area contributed by atoms with Gasteiger partial charge in [-0.25, -0.2) is 0 Å². The van der Waals surface area contributed by atoms with Crippen molar-refractivity contribution in [3.05, 3.63) is 12.2 Å². The van der Waals surface area contributed by atoms with Crippen LogP contribution in [0.5, 0.6) is 0 Å². The van der Waals surface area contributed by atoms with Crippen LogP contribution in [0, 0.1) is 10.8 Å². The van der Waals surface area contributed by atoms with Crippen LogP contribution in [0.1, 0.15) is 60.3 Å². The minimum atomic E-state index is 0.132. The maximum Gasteiger partial charge on any atom is 0.0314 e. The van der Waals surface area contributed by atoms with Crippen molar-refractivity contribution in [1.29, 1.82) is 0 Å². The Kier molecular flexibility index (Phi) is 5.02. The largest absolute Gasteiger partial charge is 0.329 e. The average Bonchev–Trinajstić information content (AvgIpc) is 2.20. The molecule has 0 atom stereocenters. The van der Waals surface area contributed by atoms with Crippen molar-refractivity contribution in [1.82, 2.24) is 5.32 Å². The van der Waals surface area contributed by atoms with Crippen molar-refractivity contribution < 1.29 is 0 Å². The summed E-state index contributed by atoms with van der Waals surface area (Å²) in [4.78, 5) is 0. The van der Waals surface area contributed by atoms with Gasteiger partial charge in [0.2, 0.25) is 0 Å². The molecule has 2 heteroatoms. The fourth-order valence-electron chi connectivity index (χ4n) is 4.24. The smallest absolute Gasteiger partial charge is 0.0314 e. The van der Waals surface area contributed by atoms with E-state index in [4.69, 9.17) is 5.73 Å². The molecule has 0 radical (unpaired) electrons. The maximum atomic E-state index is 6.11. The molecule has 1 fully saturated rings. The van der Waals surface area contributed by atoms with E-state index in [1.54, 1.807) is 0 Å². The molecule has 0 amide bonds. The summed E-state index contributed by atoms with van der Waals surface area (Å²) in [6.45, 7) is 13.4. The van der Waals surface area contributed by atoms with Gasteiger partial charge in [-0.3, -0.25) is 0 Å². The number of nitrogens with two attached hydrogens (primary N) is 1. The van der Waals surface area contributed by atoms with Gasteiger partial charge >= 0.3 is 0 Å². The quantitative estimate of drug-likeness (QED) is 0.581. The van der Waals surface area contributed by atoms with Gasteiger partial charge in [0.05, 0.1) is 0 Å². The summed E-state index contributed by atoms with van der Waals surface area (Å²) in [5.74, 6) is 0. The first-order valence-corrected chi connectivity index (χ1v) is 7.31. The highest BCUT2D eigenvalue weighted by atomic mass is 15.0. The van der Waals surface area contributed by atoms with E-state index in [-0.39, 0.29) is 5.54 Å². The third kappa shape index (κ3) is 4.40. The first-order chi connectivity index (χ1) is 8.24. The van der Waals surface area contributed by atoms with Crippen molar-refractivity contribution in [2.24, 2.45) is 16.6 Å². The van der Waals surface area contributed by atoms with Crippen LogP contribution in [0.3, 0.4) is 0 Å². The van der Waals surface area contributed by atoms with E-state index in [0.29, 0.717) is 10.8 Å². The third-order valence-corrected chi connectivity index (χ3v) is 4.03. The van der Waals surface area contributed by atoms with Crippen molar-refractivity contribution in [3.8, 4) is 0 Å². The van der Waals surface area contributed by atoms with Crippen LogP contribution >= 0.6 is 0 Å². The van der Waals surface area contributed by atoms with Crippen LogP contribution in [0.4, 0.5) is 0 Å². The first-order valence-electron chi connectivity index (χ1n) is 7.31. The molecule has 0 aromatic carbocycles. The van der Waals surface area contributed by atoms with Crippen molar-refractivity contribution in [2.75, 3.05) is 13.1 Å². The number of hydrogen-bond acceptors (Lipinski definition) is 2. The predicted molar refractivity (Wildman–Crippen MR) is 80.6 cm³/mol. The molecule has 1 aliphatic rings. The molecule has 0 saturated heterocycles. The number of hydrogen-bond donors (Lipinski definition) is 2. The van der Waals surface area contributed by atoms with Crippen molar-refractivity contribution >= 4 is 0 Å². The van der Waals surface area contributed by atoms with Gasteiger partial charge < -0.3 is 11.1 Å². The lowest BCUT2D eigenvalue weighted by Gasteiger charge is -2.52. The summed E-state index contributed by atoms with van der Waals surface area (Å²) in [7, 11) is 0. The lowest BCUT2D eigenvalue weighted by molar-refractivity contribution is 0.0329. The molecule has 0 aromatic heterocycles. The van der Waals surface area contributed by atoms with Crippen LogP contribution in [-0.4, -0.2) is 18.6 Å². The molecule has 1 aliphatic carbocycles. The summed E-state index contributed by atoms with van der Waals surface area (Å²) in [6.07, 6.45) is 9.10. The van der Waals surface area contributed by atoms with Crippen LogP contribution in [0.2, 0.25) is 0 Å². The summed E-state index contributed by atoms with van der Waals surface area (Å²) < 4.78 is 0. The van der Waals surface area contributed by atoms with E-state index in [1.807, 2.05) is 0 Å². The molecular weight excluding hydrogens is 220 g/mol. The summed E-state index contributed by atoms with van der Waals surface area (Å²) >= 11 is 0. The standard InChI is InChI=1S/C16H32N2/c1-6-7-8-9-18-16(13-17)11-14(2,3)10-15(4,5)12-16/h6-7,18H,8-13,17H2,1-5H3/b7-6+. The lowest BCUT2D eigenvalue weighted by atomic mass is 9.58. The number of allylic oxidation sites excluding steroid dienone is 1. The molecule has 0 aromatic rings. The highest BCUT2D eigenvalue weighted by Crippen LogP contribution is 2.49. The molecule has 3 N–H and O–H groups in total. The zero-order valence-electron chi connectivity index (χ0n) is 13.0. The Hall–Kier alpha value is -0.340. The van der Waals surface area contributed by atoms with E-state index < -0.39 is 0 Å². The van der Waals surface area contributed by atoms with Crippen LogP contribution in [0.25, 0.3) is 0 Å². The van der Waals surface area contributed by atoms with E-state index in [0.717, 1.165) is 19.5 Å². The van der Waals surface area contributed by atoms with Gasteiger partial charge in [-0.2, -0.15) is 0 Å². The minimum absolute atomic E-state index is 0.132. The Morgan fingerprint density at radius 2 is 1.61 bits per heavy atom. The second-order valence-corrected chi connectivity index (χ2v) is 7.63. The summed E-state index contributed by atoms with van der Waals surface area (Å²) in [5.41, 5.74) is 7.01. The molecule has 1 saturated carbocycles. The Balaban J connectivity index is 2.72. The minimum Gasteiger partial charge on any atom is -0.329 e. The zero-order chi connectivity index (χ0) is 13.9. The highest BCUT2D eigenvalue weighted by Gasteiger charge is 2.46.